The molecule has 1 rings (SSSR count). The minimum absolute atomic E-state index is 0.233. The van der Waals surface area contributed by atoms with Crippen molar-refractivity contribution in [3.8, 4) is 0 Å². The summed E-state index contributed by atoms with van der Waals surface area (Å²) >= 11 is 0. The molecule has 5 heteroatoms. The predicted molar refractivity (Wildman–Crippen MR) is 58.2 cm³/mol. The standard InChI is InChI=1S/C10H21N3O2/c1-7(2)5-4-6-11-8-9(14)13(3)10(15)12-8/h7-9,11,14H,4-6H2,1-3H3,(H,12,15). The number of urea groups is 1. The van der Waals surface area contributed by atoms with Gasteiger partial charge in [0.2, 0.25) is 0 Å². The van der Waals surface area contributed by atoms with Crippen molar-refractivity contribution in [2.45, 2.75) is 39.1 Å². The number of aliphatic hydroxyl groups excluding tert-OH is 1. The molecule has 3 N–H and O–H groups in total. The first-order valence-electron chi connectivity index (χ1n) is 5.47. The molecule has 1 fully saturated rings. The molecule has 88 valence electrons. The molecule has 0 bridgehead atoms. The van der Waals surface area contributed by atoms with Crippen LogP contribution in [0.4, 0.5) is 4.79 Å². The molecule has 0 aliphatic carbocycles. The van der Waals surface area contributed by atoms with Gasteiger partial charge in [-0.15, -0.1) is 0 Å². The Bertz CT molecular complexity index is 221. The van der Waals surface area contributed by atoms with Gasteiger partial charge in [-0.2, -0.15) is 0 Å². The first-order chi connectivity index (χ1) is 7.02. The number of aliphatic hydroxyl groups is 1. The van der Waals surface area contributed by atoms with E-state index >= 15 is 0 Å². The summed E-state index contributed by atoms with van der Waals surface area (Å²) in [5.74, 6) is 0.692. The van der Waals surface area contributed by atoms with Gasteiger partial charge in [0.1, 0.15) is 6.17 Å². The predicted octanol–water partition coefficient (Wildman–Crippen LogP) is 0.312. The van der Waals surface area contributed by atoms with Crippen LogP contribution in [0.3, 0.4) is 0 Å². The van der Waals surface area contributed by atoms with E-state index in [0.29, 0.717) is 5.92 Å². The van der Waals surface area contributed by atoms with Gasteiger partial charge in [-0.3, -0.25) is 10.2 Å². The summed E-state index contributed by atoms with van der Waals surface area (Å²) in [7, 11) is 1.58. The van der Waals surface area contributed by atoms with Crippen LogP contribution < -0.4 is 10.6 Å². The highest BCUT2D eigenvalue weighted by Crippen LogP contribution is 2.07. The van der Waals surface area contributed by atoms with Gasteiger partial charge in [0, 0.05) is 7.05 Å². The quantitative estimate of drug-likeness (QED) is 0.578. The van der Waals surface area contributed by atoms with Gasteiger partial charge in [-0.1, -0.05) is 13.8 Å². The fourth-order valence-corrected chi connectivity index (χ4v) is 1.58. The van der Waals surface area contributed by atoms with E-state index in [9.17, 15) is 9.90 Å². The molecular formula is C10H21N3O2. The third-order valence-corrected chi connectivity index (χ3v) is 2.62. The van der Waals surface area contributed by atoms with E-state index in [-0.39, 0.29) is 12.2 Å². The molecule has 0 spiro atoms. The van der Waals surface area contributed by atoms with Crippen LogP contribution >= 0.6 is 0 Å². The third kappa shape index (κ3) is 3.35. The number of nitrogens with zero attached hydrogens (tertiary/aromatic N) is 1. The Kier molecular flexibility index (Phi) is 4.35. The number of rotatable bonds is 5. The molecule has 1 heterocycles. The summed E-state index contributed by atoms with van der Waals surface area (Å²) in [6.07, 6.45) is 1.10. The number of nitrogens with one attached hydrogen (secondary N) is 2. The Morgan fingerprint density at radius 2 is 2.27 bits per heavy atom. The Labute approximate surface area is 90.8 Å². The van der Waals surface area contributed by atoms with Crippen molar-refractivity contribution < 1.29 is 9.90 Å². The van der Waals surface area contributed by atoms with Crippen LogP contribution in [0.25, 0.3) is 0 Å². The maximum absolute atomic E-state index is 11.2. The van der Waals surface area contributed by atoms with E-state index in [2.05, 4.69) is 24.5 Å². The fraction of sp³-hybridized carbons (Fsp3) is 0.900. The third-order valence-electron chi connectivity index (χ3n) is 2.62. The molecule has 2 amide bonds. The van der Waals surface area contributed by atoms with E-state index < -0.39 is 6.23 Å². The average Bonchev–Trinajstić information content (AvgIpc) is 2.41. The maximum atomic E-state index is 11.2. The van der Waals surface area contributed by atoms with E-state index in [1.165, 1.54) is 4.90 Å². The number of carbonyl (C=O) groups excluding carboxylic acids is 1. The van der Waals surface area contributed by atoms with Crippen molar-refractivity contribution in [1.82, 2.24) is 15.5 Å². The maximum Gasteiger partial charge on any atom is 0.320 e. The zero-order valence-corrected chi connectivity index (χ0v) is 9.66. The lowest BCUT2D eigenvalue weighted by Crippen LogP contribution is -2.46. The molecule has 2 unspecified atom stereocenters. The second-order valence-electron chi connectivity index (χ2n) is 4.44. The van der Waals surface area contributed by atoms with Gasteiger partial charge in [0.15, 0.2) is 6.23 Å². The van der Waals surface area contributed by atoms with Crippen LogP contribution in [0.2, 0.25) is 0 Å². The highest BCUT2D eigenvalue weighted by molar-refractivity contribution is 5.76. The van der Waals surface area contributed by atoms with Crippen LogP contribution in [0.5, 0.6) is 0 Å². The van der Waals surface area contributed by atoms with Gasteiger partial charge >= 0.3 is 6.03 Å². The van der Waals surface area contributed by atoms with Crippen LogP contribution in [0, 0.1) is 5.92 Å². The Morgan fingerprint density at radius 1 is 1.60 bits per heavy atom. The Morgan fingerprint density at radius 3 is 2.73 bits per heavy atom. The second-order valence-corrected chi connectivity index (χ2v) is 4.44. The van der Waals surface area contributed by atoms with Crippen LogP contribution in [0.1, 0.15) is 26.7 Å². The number of hydrogen-bond acceptors (Lipinski definition) is 3. The molecule has 1 saturated heterocycles. The second kappa shape index (κ2) is 5.32. The Hall–Kier alpha value is -0.810. The van der Waals surface area contributed by atoms with Gasteiger partial charge in [-0.25, -0.2) is 4.79 Å². The molecule has 0 aromatic heterocycles. The lowest BCUT2D eigenvalue weighted by atomic mass is 10.1. The summed E-state index contributed by atoms with van der Waals surface area (Å²) in [6, 6.07) is -0.233. The van der Waals surface area contributed by atoms with Gasteiger partial charge in [0.05, 0.1) is 0 Å². The summed E-state index contributed by atoms with van der Waals surface area (Å²) in [5.41, 5.74) is 0. The molecule has 2 atom stereocenters. The smallest absolute Gasteiger partial charge is 0.320 e. The molecule has 0 aromatic rings. The molecule has 0 saturated carbocycles. The minimum atomic E-state index is -0.767. The summed E-state index contributed by atoms with van der Waals surface area (Å²) < 4.78 is 0. The number of amides is 2. The summed E-state index contributed by atoms with van der Waals surface area (Å²) in [5, 5.41) is 15.4. The summed E-state index contributed by atoms with van der Waals surface area (Å²) in [6.45, 7) is 5.17. The van der Waals surface area contributed by atoms with E-state index in [1.54, 1.807) is 7.05 Å². The zero-order chi connectivity index (χ0) is 11.4. The first kappa shape index (κ1) is 12.3. The minimum Gasteiger partial charge on any atom is -0.370 e. The van der Waals surface area contributed by atoms with Crippen molar-refractivity contribution >= 4 is 6.03 Å². The number of carbonyl (C=O) groups is 1. The lowest BCUT2D eigenvalue weighted by Gasteiger charge is -2.18. The largest absolute Gasteiger partial charge is 0.370 e. The molecule has 15 heavy (non-hydrogen) atoms. The fourth-order valence-electron chi connectivity index (χ4n) is 1.58. The average molecular weight is 215 g/mol. The van der Waals surface area contributed by atoms with Gasteiger partial charge in [-0.05, 0) is 25.3 Å². The number of hydrogen-bond donors (Lipinski definition) is 3. The zero-order valence-electron chi connectivity index (χ0n) is 9.66. The first-order valence-corrected chi connectivity index (χ1v) is 5.47. The van der Waals surface area contributed by atoms with E-state index in [4.69, 9.17) is 0 Å². The SMILES string of the molecule is CC(C)CCCNC1NC(=O)N(C)C1O. The molecule has 1 aliphatic rings. The molecule has 0 radical (unpaired) electrons. The van der Waals surface area contributed by atoms with Gasteiger partial charge in [0.25, 0.3) is 0 Å². The molecule has 1 aliphatic heterocycles. The van der Waals surface area contributed by atoms with Crippen molar-refractivity contribution in [3.05, 3.63) is 0 Å². The highest BCUT2D eigenvalue weighted by atomic mass is 16.3. The lowest BCUT2D eigenvalue weighted by molar-refractivity contribution is 0.0472. The van der Waals surface area contributed by atoms with E-state index in [1.807, 2.05) is 0 Å². The Balaban J connectivity index is 2.20. The van der Waals surface area contributed by atoms with Crippen LogP contribution in [0.15, 0.2) is 0 Å². The van der Waals surface area contributed by atoms with Crippen molar-refractivity contribution in [2.75, 3.05) is 13.6 Å². The van der Waals surface area contributed by atoms with Crippen molar-refractivity contribution in [1.29, 1.82) is 0 Å². The topological polar surface area (TPSA) is 64.6 Å². The molecule has 0 aromatic carbocycles. The van der Waals surface area contributed by atoms with Crippen LogP contribution in [-0.4, -0.2) is 42.0 Å². The monoisotopic (exact) mass is 215 g/mol. The van der Waals surface area contributed by atoms with Crippen molar-refractivity contribution in [3.63, 3.8) is 0 Å². The van der Waals surface area contributed by atoms with E-state index in [0.717, 1.165) is 19.4 Å². The summed E-state index contributed by atoms with van der Waals surface area (Å²) in [4.78, 5) is 12.4. The normalized spacial score (nSPS) is 26.2. The van der Waals surface area contributed by atoms with Crippen molar-refractivity contribution in [2.24, 2.45) is 5.92 Å². The highest BCUT2D eigenvalue weighted by Gasteiger charge is 2.34. The van der Waals surface area contributed by atoms with Gasteiger partial charge < -0.3 is 10.4 Å². The molecule has 5 nitrogen and oxygen atoms in total. The molecular weight excluding hydrogens is 194 g/mol. The van der Waals surface area contributed by atoms with Crippen LogP contribution in [-0.2, 0) is 0 Å². The number of likely N-dealkylation sites (N-methyl/N-ethyl adjacent to an activating group) is 1.